The van der Waals surface area contributed by atoms with Crippen LogP contribution in [0.1, 0.15) is 95.8 Å². The molecule has 0 saturated carbocycles. The zero-order valence-corrected chi connectivity index (χ0v) is 41.4. The van der Waals surface area contributed by atoms with E-state index in [1.54, 1.807) is 12.1 Å². The van der Waals surface area contributed by atoms with Gasteiger partial charge in [0.15, 0.2) is 5.71 Å². The van der Waals surface area contributed by atoms with Crippen LogP contribution in [-0.4, -0.2) is 97.8 Å². The first kappa shape index (κ1) is 52.4. The summed E-state index contributed by atoms with van der Waals surface area (Å²) in [5, 5.41) is 12.8. The van der Waals surface area contributed by atoms with Crippen molar-refractivity contribution in [1.82, 2.24) is 0 Å². The molecule has 0 fully saturated rings. The summed E-state index contributed by atoms with van der Waals surface area (Å²) < 4.78 is 138. The van der Waals surface area contributed by atoms with Crippen molar-refractivity contribution in [3.05, 3.63) is 124 Å². The van der Waals surface area contributed by atoms with Crippen LogP contribution in [0.3, 0.4) is 0 Å². The summed E-state index contributed by atoms with van der Waals surface area (Å²) in [6, 6.07) is 16.1. The lowest BCUT2D eigenvalue weighted by Crippen LogP contribution is -2.28. The van der Waals surface area contributed by atoms with E-state index in [0.29, 0.717) is 73.4 Å². The van der Waals surface area contributed by atoms with Gasteiger partial charge in [-0.2, -0.15) is 29.8 Å². The molecule has 368 valence electrons. The highest BCUT2D eigenvalue weighted by Crippen LogP contribution is 2.49. The number of nitrogens with zero attached hydrogens (tertiary/aromatic N) is 2. The van der Waals surface area contributed by atoms with Gasteiger partial charge in [0.2, 0.25) is 5.69 Å². The highest BCUT2D eigenvalue weighted by atomic mass is 32.2. The quantitative estimate of drug-likeness (QED) is 0.0422. The summed E-state index contributed by atoms with van der Waals surface area (Å²) in [5.74, 6) is -1.89. The van der Waals surface area contributed by atoms with E-state index in [1.807, 2.05) is 85.7 Å². The number of aliphatic carboxylic acids is 1. The molecule has 3 aromatic rings. The molecule has 1 aliphatic carbocycles. The minimum Gasteiger partial charge on any atom is -0.748 e. The fourth-order valence-corrected chi connectivity index (χ4v) is 11.3. The largest absolute Gasteiger partial charge is 0.748 e. The van der Waals surface area contributed by atoms with Crippen molar-refractivity contribution >= 4 is 69.2 Å². The molecule has 0 unspecified atom stereocenters. The lowest BCUT2D eigenvalue weighted by atomic mass is 9.81. The van der Waals surface area contributed by atoms with Crippen molar-refractivity contribution in [1.29, 1.82) is 0 Å². The predicted octanol–water partition coefficient (Wildman–Crippen LogP) is 7.28. The smallest absolute Gasteiger partial charge is 0.303 e. The minimum atomic E-state index is -4.56. The van der Waals surface area contributed by atoms with Crippen LogP contribution in [0.4, 0.5) is 17.1 Å². The van der Waals surface area contributed by atoms with E-state index in [1.165, 1.54) is 24.3 Å². The number of unbranched alkanes of at least 4 members (excludes halogenated alkanes) is 2. The molecule has 6 rings (SSSR count). The molecule has 21 heteroatoms. The summed E-state index contributed by atoms with van der Waals surface area (Å²) in [4.78, 5) is 12.7. The number of nitrogens with one attached hydrogen (secondary N) is 1. The molecule has 68 heavy (non-hydrogen) atoms. The SMILES string of the molecule is CC1(C)C(/C=C/C2=C(Nc3ccc(CCC(=O)O)cc3)C(=C/C=C3/N(CCCCS(=O)(=O)[O-])c4ccc(S(=O)(=O)O)cc4C3(C)C)/CCC2)=[N+](CCCCS(=O)(=O)O)c2ccc(S(=O)(=O)O)cc21. The topological polar surface area (TPSA) is 276 Å². The first-order valence-electron chi connectivity index (χ1n) is 22.0. The standard InChI is InChI=1S/C47H57N3O14S4/c1-46(2)38-30-36(67(59,60)61)19-21-40(38)49(26-5-7-28-65(53,54)55)42(46)23-15-33-10-9-11-34(45(33)48-35-17-12-32(13-18-35)14-25-44(51)52)16-24-43-47(3,4)39-31-37(68(62,63)64)20-22-41(39)50(43)27-6-8-29-66(56,57)58/h12-13,15-24,30-31H,5-11,14,25-29H2,1-4H3,(H5,51,52,53,54,55,56,57,58,59,60,61,62,63,64)/b33-15+,42-23+. The van der Waals surface area contributed by atoms with Gasteiger partial charge in [0, 0.05) is 71.0 Å². The van der Waals surface area contributed by atoms with Crippen LogP contribution in [0.15, 0.2) is 117 Å². The van der Waals surface area contributed by atoms with Gasteiger partial charge < -0.3 is 19.9 Å². The summed E-state index contributed by atoms with van der Waals surface area (Å²) in [5.41, 5.74) is 6.52. The molecular weight excluding hydrogens is 959 g/mol. The van der Waals surface area contributed by atoms with Gasteiger partial charge in [0.1, 0.15) is 6.54 Å². The average molecular weight is 1020 g/mol. The fourth-order valence-electron chi connectivity index (χ4n) is 9.14. The van der Waals surface area contributed by atoms with E-state index >= 15 is 0 Å². The second-order valence-corrected chi connectivity index (χ2v) is 24.2. The zero-order chi connectivity index (χ0) is 50.0. The van der Waals surface area contributed by atoms with Crippen LogP contribution < -0.4 is 10.2 Å². The Labute approximate surface area is 398 Å². The van der Waals surface area contributed by atoms with Crippen LogP contribution in [0.2, 0.25) is 0 Å². The van der Waals surface area contributed by atoms with Gasteiger partial charge in [0.25, 0.3) is 30.4 Å². The number of carbonyl (C=O) groups is 1. The van der Waals surface area contributed by atoms with E-state index in [2.05, 4.69) is 5.32 Å². The monoisotopic (exact) mass is 1020 g/mol. The van der Waals surface area contributed by atoms with Gasteiger partial charge in [0.05, 0.1) is 31.1 Å². The number of benzene rings is 3. The summed E-state index contributed by atoms with van der Waals surface area (Å²) in [7, 11) is -17.8. The Morgan fingerprint density at radius 2 is 1.40 bits per heavy atom. The first-order valence-corrected chi connectivity index (χ1v) is 28.1. The number of allylic oxidation sites excluding steroid dienone is 7. The summed E-state index contributed by atoms with van der Waals surface area (Å²) >= 11 is 0. The highest BCUT2D eigenvalue weighted by Gasteiger charge is 2.45. The molecule has 0 radical (unpaired) electrons. The van der Waals surface area contributed by atoms with Crippen LogP contribution in [-0.2, 0) is 62.5 Å². The van der Waals surface area contributed by atoms with E-state index < -0.39 is 68.8 Å². The van der Waals surface area contributed by atoms with Crippen LogP contribution in [0.25, 0.3) is 0 Å². The number of anilines is 2. The van der Waals surface area contributed by atoms with Crippen molar-refractivity contribution in [3.8, 4) is 0 Å². The average Bonchev–Trinajstić information content (AvgIpc) is 3.58. The lowest BCUT2D eigenvalue weighted by molar-refractivity contribution is -0.438. The molecule has 17 nitrogen and oxygen atoms in total. The molecule has 0 amide bonds. The molecule has 0 aromatic heterocycles. The Bertz CT molecular complexity index is 3100. The normalized spacial score (nSPS) is 18.5. The van der Waals surface area contributed by atoms with Crippen molar-refractivity contribution in [2.24, 2.45) is 0 Å². The van der Waals surface area contributed by atoms with Gasteiger partial charge in [-0.05, 0) is 130 Å². The maximum absolute atomic E-state index is 12.3. The lowest BCUT2D eigenvalue weighted by Gasteiger charge is -2.28. The number of rotatable bonds is 20. The van der Waals surface area contributed by atoms with Gasteiger partial charge in [-0.15, -0.1) is 0 Å². The van der Waals surface area contributed by atoms with E-state index in [4.69, 9.17) is 0 Å². The van der Waals surface area contributed by atoms with Crippen molar-refractivity contribution in [2.45, 2.75) is 106 Å². The van der Waals surface area contributed by atoms with Gasteiger partial charge in [-0.25, -0.2) is 8.42 Å². The van der Waals surface area contributed by atoms with E-state index in [9.17, 15) is 61.8 Å². The fraction of sp³-hybridized carbons (Fsp3) is 0.404. The Balaban J connectivity index is 1.47. The highest BCUT2D eigenvalue weighted by molar-refractivity contribution is 7.86. The van der Waals surface area contributed by atoms with Gasteiger partial charge >= 0.3 is 5.97 Å². The number of hydrogen-bond donors (Lipinski definition) is 5. The molecule has 0 bridgehead atoms. The van der Waals surface area contributed by atoms with Crippen LogP contribution in [0, 0.1) is 0 Å². The maximum Gasteiger partial charge on any atom is 0.303 e. The number of carboxylic acids is 1. The van der Waals surface area contributed by atoms with Gasteiger partial charge in [-0.3, -0.25) is 18.5 Å². The minimum absolute atomic E-state index is 0.0335. The van der Waals surface area contributed by atoms with E-state index in [0.717, 1.165) is 40.2 Å². The van der Waals surface area contributed by atoms with Crippen molar-refractivity contribution in [3.63, 3.8) is 0 Å². The van der Waals surface area contributed by atoms with Crippen molar-refractivity contribution < 1.29 is 66.4 Å². The molecule has 2 heterocycles. The van der Waals surface area contributed by atoms with Gasteiger partial charge in [-0.1, -0.05) is 38.1 Å². The molecule has 3 aromatic carbocycles. The molecule has 2 aliphatic heterocycles. The van der Waals surface area contributed by atoms with Crippen LogP contribution >= 0.6 is 0 Å². The third-order valence-corrected chi connectivity index (χ3v) is 15.9. The maximum atomic E-state index is 12.3. The number of hydrogen-bond acceptors (Lipinski definition) is 12. The number of fused-ring (bicyclic) bond motifs is 2. The Morgan fingerprint density at radius 3 is 2.01 bits per heavy atom. The van der Waals surface area contributed by atoms with E-state index in [-0.39, 0.29) is 29.1 Å². The number of carboxylic acid groups (broad SMARTS) is 1. The molecule has 0 spiro atoms. The second kappa shape index (κ2) is 20.2. The third-order valence-electron chi connectivity index (χ3n) is 12.7. The molecular formula is C47H57N3O14S4. The zero-order valence-electron chi connectivity index (χ0n) is 38.2. The molecule has 3 aliphatic rings. The first-order chi connectivity index (χ1) is 31.6. The Kier molecular flexibility index (Phi) is 15.5. The third kappa shape index (κ3) is 12.6. The van der Waals surface area contributed by atoms with Crippen LogP contribution in [0.5, 0.6) is 0 Å². The number of aryl methyl sites for hydroxylation is 1. The predicted molar refractivity (Wildman–Crippen MR) is 257 cm³/mol. The second-order valence-electron chi connectivity index (χ2n) is 18.3. The molecule has 0 saturated heterocycles. The summed E-state index contributed by atoms with van der Waals surface area (Å²) in [6.45, 7) is 8.27. The van der Waals surface area contributed by atoms with Crippen molar-refractivity contribution in [2.75, 3.05) is 34.8 Å². The Morgan fingerprint density at radius 1 is 0.765 bits per heavy atom. The molecule has 5 N–H and O–H groups in total. The summed E-state index contributed by atoms with van der Waals surface area (Å²) in [6.07, 6.45) is 11.0. The Hall–Kier alpha value is -5.00. The molecule has 0 atom stereocenters.